The van der Waals surface area contributed by atoms with Crippen LogP contribution >= 0.6 is 0 Å². The van der Waals surface area contributed by atoms with E-state index in [1.165, 1.54) is 10.9 Å². The van der Waals surface area contributed by atoms with Gasteiger partial charge in [-0.05, 0) is 18.2 Å². The largest absolute Gasteiger partial charge is 0.459 e. The van der Waals surface area contributed by atoms with Crippen molar-refractivity contribution < 1.29 is 9.21 Å². The van der Waals surface area contributed by atoms with Crippen LogP contribution in [-0.4, -0.2) is 15.7 Å². The highest BCUT2D eigenvalue weighted by Gasteiger charge is 2.29. The maximum Gasteiger partial charge on any atom is 0.314 e. The number of hydrogen-bond donors (Lipinski definition) is 0. The molecule has 0 spiro atoms. The Morgan fingerprint density at radius 2 is 1.80 bits per heavy atom. The zero-order valence-corrected chi connectivity index (χ0v) is 13.0. The minimum Gasteiger partial charge on any atom is -0.459 e. The summed E-state index contributed by atoms with van der Waals surface area (Å²) in [6.07, 6.45) is 1.50. The lowest BCUT2D eigenvalue weighted by molar-refractivity contribution is 0.0908. The van der Waals surface area contributed by atoms with E-state index in [1.807, 2.05) is 6.07 Å². The van der Waals surface area contributed by atoms with Gasteiger partial charge < -0.3 is 4.42 Å². The molecule has 0 aliphatic rings. The van der Waals surface area contributed by atoms with Gasteiger partial charge in [0.15, 0.2) is 5.76 Å². The van der Waals surface area contributed by atoms with Crippen LogP contribution in [0.2, 0.25) is 0 Å². The summed E-state index contributed by atoms with van der Waals surface area (Å²) in [5, 5.41) is 4.51. The van der Waals surface area contributed by atoms with Crippen molar-refractivity contribution in [1.82, 2.24) is 9.78 Å². The number of nitrogens with zero attached hydrogens (tertiary/aromatic N) is 2. The molecule has 2 aromatic heterocycles. The molecule has 0 bridgehead atoms. The predicted octanol–water partition coefficient (Wildman–Crippen LogP) is 3.76. The molecule has 2 heterocycles. The topological polar surface area (TPSA) is 48.0 Å². The van der Waals surface area contributed by atoms with Gasteiger partial charge >= 0.3 is 5.91 Å². The third-order valence-electron chi connectivity index (χ3n) is 3.17. The SMILES string of the molecule is CC(C)(C)c1cc(C(C)(C)C)n(C(=O)c2ccco2)n1. The van der Waals surface area contributed by atoms with E-state index in [0.717, 1.165) is 11.4 Å². The summed E-state index contributed by atoms with van der Waals surface area (Å²) in [6.45, 7) is 12.5. The summed E-state index contributed by atoms with van der Waals surface area (Å²) in [5.41, 5.74) is 1.53. The van der Waals surface area contributed by atoms with E-state index in [0.29, 0.717) is 5.76 Å². The van der Waals surface area contributed by atoms with Crippen LogP contribution in [0, 0.1) is 0 Å². The monoisotopic (exact) mass is 274 g/mol. The van der Waals surface area contributed by atoms with Crippen molar-refractivity contribution in [1.29, 1.82) is 0 Å². The molecule has 0 aliphatic heterocycles. The standard InChI is InChI=1S/C16H22N2O2/c1-15(2,3)12-10-13(16(4,5)6)18(17-12)14(19)11-8-7-9-20-11/h7-10H,1-6H3. The Morgan fingerprint density at radius 3 is 2.25 bits per heavy atom. The molecule has 2 rings (SSSR count). The highest BCUT2D eigenvalue weighted by molar-refractivity contribution is 5.93. The first-order valence-electron chi connectivity index (χ1n) is 6.80. The molecule has 0 saturated carbocycles. The number of hydrogen-bond acceptors (Lipinski definition) is 3. The zero-order chi connectivity index (χ0) is 15.1. The Balaban J connectivity index is 2.57. The fourth-order valence-electron chi connectivity index (χ4n) is 1.94. The second-order valence-electron chi connectivity index (χ2n) is 7.11. The number of carbonyl (C=O) groups is 1. The summed E-state index contributed by atoms with van der Waals surface area (Å²) in [7, 11) is 0. The lowest BCUT2D eigenvalue weighted by Crippen LogP contribution is -2.24. The molecule has 0 unspecified atom stereocenters. The van der Waals surface area contributed by atoms with Gasteiger partial charge in [-0.15, -0.1) is 0 Å². The molecular weight excluding hydrogens is 252 g/mol. The molecule has 0 aromatic carbocycles. The van der Waals surface area contributed by atoms with Crippen molar-refractivity contribution >= 4 is 5.91 Å². The summed E-state index contributed by atoms with van der Waals surface area (Å²) < 4.78 is 6.67. The van der Waals surface area contributed by atoms with Crippen LogP contribution in [-0.2, 0) is 10.8 Å². The molecule has 4 heteroatoms. The van der Waals surface area contributed by atoms with E-state index in [2.05, 4.69) is 46.6 Å². The van der Waals surface area contributed by atoms with E-state index in [1.54, 1.807) is 12.1 Å². The van der Waals surface area contributed by atoms with Gasteiger partial charge in [0.1, 0.15) is 0 Å². The second kappa shape index (κ2) is 4.62. The second-order valence-corrected chi connectivity index (χ2v) is 7.11. The van der Waals surface area contributed by atoms with Crippen LogP contribution in [0.4, 0.5) is 0 Å². The first kappa shape index (κ1) is 14.6. The van der Waals surface area contributed by atoms with Gasteiger partial charge in [0.25, 0.3) is 0 Å². The van der Waals surface area contributed by atoms with E-state index in [9.17, 15) is 4.79 Å². The molecule has 4 nitrogen and oxygen atoms in total. The molecule has 2 aromatic rings. The molecular formula is C16H22N2O2. The lowest BCUT2D eigenvalue weighted by atomic mass is 9.88. The van der Waals surface area contributed by atoms with Gasteiger partial charge in [-0.3, -0.25) is 4.79 Å². The van der Waals surface area contributed by atoms with Crippen LogP contribution < -0.4 is 0 Å². The summed E-state index contributed by atoms with van der Waals surface area (Å²) in [4.78, 5) is 12.5. The van der Waals surface area contributed by atoms with Gasteiger partial charge in [0, 0.05) is 10.8 Å². The minimum atomic E-state index is -0.226. The predicted molar refractivity (Wildman–Crippen MR) is 78.1 cm³/mol. The molecule has 20 heavy (non-hydrogen) atoms. The van der Waals surface area contributed by atoms with E-state index < -0.39 is 0 Å². The Morgan fingerprint density at radius 1 is 1.15 bits per heavy atom. The smallest absolute Gasteiger partial charge is 0.314 e. The van der Waals surface area contributed by atoms with Crippen LogP contribution in [0.1, 0.15) is 63.5 Å². The highest BCUT2D eigenvalue weighted by atomic mass is 16.3. The van der Waals surface area contributed by atoms with E-state index in [-0.39, 0.29) is 16.7 Å². The fraction of sp³-hybridized carbons (Fsp3) is 0.500. The van der Waals surface area contributed by atoms with Crippen LogP contribution in [0.5, 0.6) is 0 Å². The summed E-state index contributed by atoms with van der Waals surface area (Å²) in [5.74, 6) is 0.0782. The average Bonchev–Trinajstić information content (AvgIpc) is 2.96. The van der Waals surface area contributed by atoms with Gasteiger partial charge in [-0.25, -0.2) is 0 Å². The minimum absolute atomic E-state index is 0.102. The molecule has 0 saturated heterocycles. The maximum absolute atomic E-state index is 12.5. The quantitative estimate of drug-likeness (QED) is 0.795. The highest BCUT2D eigenvalue weighted by Crippen LogP contribution is 2.29. The molecule has 0 amide bonds. The summed E-state index contributed by atoms with van der Waals surface area (Å²) in [6, 6.07) is 5.38. The Bertz CT molecular complexity index is 608. The molecule has 108 valence electrons. The third kappa shape index (κ3) is 2.69. The van der Waals surface area contributed by atoms with Crippen molar-refractivity contribution in [3.05, 3.63) is 41.6 Å². The fourth-order valence-corrected chi connectivity index (χ4v) is 1.94. The van der Waals surface area contributed by atoms with Crippen LogP contribution in [0.15, 0.2) is 28.9 Å². The zero-order valence-electron chi connectivity index (χ0n) is 13.0. The Labute approximate surface area is 119 Å². The normalized spacial score (nSPS) is 12.7. The number of carbonyl (C=O) groups excluding carboxylic acids is 1. The number of rotatable bonds is 1. The average molecular weight is 274 g/mol. The van der Waals surface area contributed by atoms with Gasteiger partial charge in [0.2, 0.25) is 0 Å². The van der Waals surface area contributed by atoms with Crippen LogP contribution in [0.3, 0.4) is 0 Å². The molecule has 0 aliphatic carbocycles. The van der Waals surface area contributed by atoms with Crippen LogP contribution in [0.25, 0.3) is 0 Å². The van der Waals surface area contributed by atoms with Gasteiger partial charge in [0.05, 0.1) is 17.7 Å². The van der Waals surface area contributed by atoms with E-state index >= 15 is 0 Å². The molecule has 0 atom stereocenters. The van der Waals surface area contributed by atoms with Crippen molar-refractivity contribution in [3.63, 3.8) is 0 Å². The maximum atomic E-state index is 12.5. The van der Waals surface area contributed by atoms with E-state index in [4.69, 9.17) is 4.42 Å². The Kier molecular flexibility index (Phi) is 3.36. The van der Waals surface area contributed by atoms with Crippen molar-refractivity contribution in [2.75, 3.05) is 0 Å². The molecule has 0 radical (unpaired) electrons. The number of furan rings is 1. The first-order chi connectivity index (χ1) is 9.10. The van der Waals surface area contributed by atoms with Gasteiger partial charge in [-0.2, -0.15) is 9.78 Å². The third-order valence-corrected chi connectivity index (χ3v) is 3.17. The number of aromatic nitrogens is 2. The molecule has 0 N–H and O–H groups in total. The lowest BCUT2D eigenvalue weighted by Gasteiger charge is -2.18. The van der Waals surface area contributed by atoms with Crippen molar-refractivity contribution in [2.24, 2.45) is 0 Å². The van der Waals surface area contributed by atoms with Crippen molar-refractivity contribution in [2.45, 2.75) is 52.4 Å². The van der Waals surface area contributed by atoms with Gasteiger partial charge in [-0.1, -0.05) is 41.5 Å². The first-order valence-corrected chi connectivity index (χ1v) is 6.80. The van der Waals surface area contributed by atoms with Crippen molar-refractivity contribution in [3.8, 4) is 0 Å². The summed E-state index contributed by atoms with van der Waals surface area (Å²) >= 11 is 0. The molecule has 0 fully saturated rings. The Hall–Kier alpha value is -1.84.